The fraction of sp³-hybridized carbons (Fsp3) is 0.267. The van der Waals surface area contributed by atoms with Crippen molar-refractivity contribution in [1.29, 1.82) is 5.26 Å². The normalized spacial score (nSPS) is 11.5. The fourth-order valence-electron chi connectivity index (χ4n) is 2.03. The predicted molar refractivity (Wildman–Crippen MR) is 84.8 cm³/mol. The minimum Gasteiger partial charge on any atom is -0.336 e. The van der Waals surface area contributed by atoms with E-state index in [4.69, 9.17) is 5.26 Å². The number of hydrogen-bond acceptors (Lipinski definition) is 5. The van der Waals surface area contributed by atoms with Gasteiger partial charge in [-0.05, 0) is 32.2 Å². The molecule has 0 fully saturated rings. The maximum absolute atomic E-state index is 9.11. The minimum atomic E-state index is -0.0592. The van der Waals surface area contributed by atoms with Gasteiger partial charge in [0.25, 0.3) is 0 Å². The highest BCUT2D eigenvalue weighted by molar-refractivity contribution is 7.17. The van der Waals surface area contributed by atoms with E-state index < -0.39 is 0 Å². The van der Waals surface area contributed by atoms with Crippen molar-refractivity contribution in [3.05, 3.63) is 35.6 Å². The van der Waals surface area contributed by atoms with Crippen molar-refractivity contribution in [1.82, 2.24) is 14.8 Å². The van der Waals surface area contributed by atoms with Gasteiger partial charge in [0.1, 0.15) is 11.9 Å². The Kier molecular flexibility index (Phi) is 3.15. The second kappa shape index (κ2) is 4.86. The first-order valence-corrected chi connectivity index (χ1v) is 7.45. The summed E-state index contributed by atoms with van der Waals surface area (Å²) in [6.07, 6.45) is 5.34. The zero-order chi connectivity index (χ0) is 15.0. The molecule has 0 atom stereocenters. The van der Waals surface area contributed by atoms with Gasteiger partial charge in [-0.25, -0.2) is 4.98 Å². The van der Waals surface area contributed by atoms with Crippen LogP contribution in [-0.4, -0.2) is 14.8 Å². The van der Waals surface area contributed by atoms with Crippen LogP contribution in [0.15, 0.2) is 30.0 Å². The van der Waals surface area contributed by atoms with Gasteiger partial charge in [0.15, 0.2) is 0 Å². The topological polar surface area (TPSA) is 66.5 Å². The van der Waals surface area contributed by atoms with Crippen molar-refractivity contribution in [3.8, 4) is 6.07 Å². The van der Waals surface area contributed by atoms with Crippen molar-refractivity contribution >= 4 is 32.9 Å². The first kappa shape index (κ1) is 13.6. The third-order valence-corrected chi connectivity index (χ3v) is 4.07. The summed E-state index contributed by atoms with van der Waals surface area (Å²) in [5.74, 6) is 0.757. The lowest BCUT2D eigenvalue weighted by atomic mass is 10.1. The lowest BCUT2D eigenvalue weighted by molar-refractivity contribution is 0.355. The van der Waals surface area contributed by atoms with Crippen molar-refractivity contribution in [3.63, 3.8) is 0 Å². The molecule has 0 radical (unpaired) electrons. The third kappa shape index (κ3) is 2.48. The Bertz CT molecular complexity index is 832. The Hall–Kier alpha value is -2.39. The van der Waals surface area contributed by atoms with E-state index in [0.717, 1.165) is 21.6 Å². The number of aromatic nitrogens is 3. The molecule has 5 nitrogen and oxygen atoms in total. The molecule has 0 aliphatic heterocycles. The van der Waals surface area contributed by atoms with Crippen molar-refractivity contribution in [2.24, 2.45) is 0 Å². The standard InChI is InChI=1S/C15H15N5S/c1-15(2,3)20-9-11(8-18-20)19-14-13-12(4-5-21-13)10(6-16)7-17-14/h4-5,7-9H,1-3H3,(H,17,19). The molecule has 3 aromatic rings. The highest BCUT2D eigenvalue weighted by Crippen LogP contribution is 2.31. The summed E-state index contributed by atoms with van der Waals surface area (Å²) in [6.45, 7) is 6.30. The van der Waals surface area contributed by atoms with E-state index in [1.807, 2.05) is 22.3 Å². The van der Waals surface area contributed by atoms with Crippen LogP contribution in [0.1, 0.15) is 26.3 Å². The molecular weight excluding hydrogens is 282 g/mol. The molecule has 3 aromatic heterocycles. The van der Waals surface area contributed by atoms with E-state index in [2.05, 4.69) is 42.2 Å². The summed E-state index contributed by atoms with van der Waals surface area (Å²) >= 11 is 1.57. The predicted octanol–water partition coefficient (Wildman–Crippen LogP) is 3.86. The Morgan fingerprint density at radius 2 is 2.14 bits per heavy atom. The fourth-order valence-corrected chi connectivity index (χ4v) is 2.89. The molecule has 0 amide bonds. The third-order valence-electron chi connectivity index (χ3n) is 3.15. The van der Waals surface area contributed by atoms with E-state index >= 15 is 0 Å². The molecule has 0 aliphatic carbocycles. The highest BCUT2D eigenvalue weighted by Gasteiger charge is 2.15. The Morgan fingerprint density at radius 3 is 2.81 bits per heavy atom. The average molecular weight is 297 g/mol. The summed E-state index contributed by atoms with van der Waals surface area (Å²) in [4.78, 5) is 4.36. The summed E-state index contributed by atoms with van der Waals surface area (Å²) in [6, 6.07) is 4.12. The summed E-state index contributed by atoms with van der Waals surface area (Å²) in [5, 5.41) is 19.7. The number of nitriles is 1. The quantitative estimate of drug-likeness (QED) is 0.780. The van der Waals surface area contributed by atoms with Crippen LogP contribution in [0.3, 0.4) is 0 Å². The SMILES string of the molecule is CC(C)(C)n1cc(Nc2ncc(C#N)c3ccsc23)cn1. The monoisotopic (exact) mass is 297 g/mol. The van der Waals surface area contributed by atoms with E-state index in [0.29, 0.717) is 5.56 Å². The molecule has 0 bridgehead atoms. The number of hydrogen-bond donors (Lipinski definition) is 1. The van der Waals surface area contributed by atoms with Gasteiger partial charge in [0.05, 0.1) is 27.7 Å². The van der Waals surface area contributed by atoms with Gasteiger partial charge in [0, 0.05) is 17.8 Å². The number of anilines is 2. The lowest BCUT2D eigenvalue weighted by Gasteiger charge is -2.18. The maximum atomic E-state index is 9.11. The molecule has 106 valence electrons. The molecule has 6 heteroatoms. The maximum Gasteiger partial charge on any atom is 0.148 e. The summed E-state index contributed by atoms with van der Waals surface area (Å²) in [7, 11) is 0. The van der Waals surface area contributed by atoms with E-state index in [9.17, 15) is 0 Å². The number of thiophene rings is 1. The van der Waals surface area contributed by atoms with Crippen molar-refractivity contribution < 1.29 is 0 Å². The van der Waals surface area contributed by atoms with E-state index in [1.54, 1.807) is 23.7 Å². The van der Waals surface area contributed by atoms with E-state index in [-0.39, 0.29) is 5.54 Å². The number of nitrogens with zero attached hydrogens (tertiary/aromatic N) is 4. The molecule has 3 rings (SSSR count). The summed E-state index contributed by atoms with van der Waals surface area (Å²) < 4.78 is 2.89. The Morgan fingerprint density at radius 1 is 1.33 bits per heavy atom. The van der Waals surface area contributed by atoms with Crippen LogP contribution in [0.5, 0.6) is 0 Å². The van der Waals surface area contributed by atoms with Gasteiger partial charge >= 0.3 is 0 Å². The van der Waals surface area contributed by atoms with Crippen LogP contribution in [0.4, 0.5) is 11.5 Å². The van der Waals surface area contributed by atoms with Gasteiger partial charge in [0.2, 0.25) is 0 Å². The van der Waals surface area contributed by atoms with E-state index in [1.165, 1.54) is 0 Å². The van der Waals surface area contributed by atoms with Crippen LogP contribution in [-0.2, 0) is 5.54 Å². The highest BCUT2D eigenvalue weighted by atomic mass is 32.1. The zero-order valence-electron chi connectivity index (χ0n) is 12.1. The number of pyridine rings is 1. The largest absolute Gasteiger partial charge is 0.336 e. The van der Waals surface area contributed by atoms with Crippen molar-refractivity contribution in [2.45, 2.75) is 26.3 Å². The van der Waals surface area contributed by atoms with Crippen LogP contribution in [0.25, 0.3) is 10.1 Å². The van der Waals surface area contributed by atoms with Crippen molar-refractivity contribution in [2.75, 3.05) is 5.32 Å². The van der Waals surface area contributed by atoms with Crippen LogP contribution >= 0.6 is 11.3 Å². The van der Waals surface area contributed by atoms with Gasteiger partial charge in [-0.3, -0.25) is 4.68 Å². The average Bonchev–Trinajstić information content (AvgIpc) is 3.06. The van der Waals surface area contributed by atoms with Gasteiger partial charge in [-0.1, -0.05) is 0 Å². The molecule has 0 saturated heterocycles. The molecule has 0 spiro atoms. The first-order chi connectivity index (χ1) is 9.99. The number of nitrogens with one attached hydrogen (secondary N) is 1. The Labute approximate surface area is 126 Å². The summed E-state index contributed by atoms with van der Waals surface area (Å²) in [5.41, 5.74) is 1.43. The second-order valence-corrected chi connectivity index (χ2v) is 6.68. The van der Waals surface area contributed by atoms with Crippen LogP contribution in [0.2, 0.25) is 0 Å². The minimum absolute atomic E-state index is 0.0592. The Balaban J connectivity index is 1.98. The second-order valence-electron chi connectivity index (χ2n) is 5.77. The lowest BCUT2D eigenvalue weighted by Crippen LogP contribution is -2.21. The smallest absolute Gasteiger partial charge is 0.148 e. The number of rotatable bonds is 2. The number of fused-ring (bicyclic) bond motifs is 1. The molecule has 0 saturated carbocycles. The van der Waals surface area contributed by atoms with Gasteiger partial charge in [-0.2, -0.15) is 10.4 Å². The molecule has 0 aromatic carbocycles. The molecule has 21 heavy (non-hydrogen) atoms. The van der Waals surface area contributed by atoms with Crippen LogP contribution < -0.4 is 5.32 Å². The van der Waals surface area contributed by atoms with Gasteiger partial charge in [-0.15, -0.1) is 11.3 Å². The molecule has 1 N–H and O–H groups in total. The zero-order valence-corrected chi connectivity index (χ0v) is 12.9. The first-order valence-electron chi connectivity index (χ1n) is 6.57. The molecule has 0 aliphatic rings. The molecule has 3 heterocycles. The van der Waals surface area contributed by atoms with Gasteiger partial charge < -0.3 is 5.32 Å². The van der Waals surface area contributed by atoms with Crippen LogP contribution in [0, 0.1) is 11.3 Å². The molecule has 0 unspecified atom stereocenters. The molecular formula is C15H15N5S.